The fraction of sp³-hybridized carbons (Fsp3) is 0.400. The second-order valence-corrected chi connectivity index (χ2v) is 5.59. The first kappa shape index (κ1) is 11.2. The summed E-state index contributed by atoms with van der Waals surface area (Å²) in [6.45, 7) is 3.64. The van der Waals surface area contributed by atoms with Gasteiger partial charge in [-0.05, 0) is 31.0 Å². The van der Waals surface area contributed by atoms with E-state index in [2.05, 4.69) is 0 Å². The van der Waals surface area contributed by atoms with E-state index in [-0.39, 0.29) is 6.04 Å². The summed E-state index contributed by atoms with van der Waals surface area (Å²) in [5.74, 6) is 0. The molecule has 0 fully saturated rings. The molecule has 0 aliphatic rings. The van der Waals surface area contributed by atoms with Gasteiger partial charge in [0.25, 0.3) is 0 Å². The Kier molecular flexibility index (Phi) is 2.97. The molecule has 0 aliphatic heterocycles. The summed E-state index contributed by atoms with van der Waals surface area (Å²) < 4.78 is 22.9. The van der Waals surface area contributed by atoms with Gasteiger partial charge >= 0.3 is 0 Å². The van der Waals surface area contributed by atoms with Crippen molar-refractivity contribution in [2.75, 3.05) is 6.26 Å². The average molecular weight is 213 g/mol. The van der Waals surface area contributed by atoms with E-state index in [9.17, 15) is 8.42 Å². The fourth-order valence-corrected chi connectivity index (χ4v) is 2.42. The standard InChI is InChI=1S/C10H15NO2S/c1-7-4-5-9(8(2)11)10(6-7)14(3,12)13/h4-6,8H,11H2,1-3H3. The second kappa shape index (κ2) is 3.71. The lowest BCUT2D eigenvalue weighted by Crippen LogP contribution is -2.11. The molecule has 1 aromatic carbocycles. The maximum absolute atomic E-state index is 11.5. The van der Waals surface area contributed by atoms with Crippen LogP contribution in [0.15, 0.2) is 23.1 Å². The second-order valence-electron chi connectivity index (χ2n) is 3.60. The first-order valence-electron chi connectivity index (χ1n) is 4.38. The molecular weight excluding hydrogens is 198 g/mol. The Labute approximate surface area is 84.9 Å². The molecule has 1 unspecified atom stereocenters. The highest BCUT2D eigenvalue weighted by Crippen LogP contribution is 2.22. The maximum Gasteiger partial charge on any atom is 0.175 e. The van der Waals surface area contributed by atoms with Crippen molar-refractivity contribution in [2.24, 2.45) is 5.73 Å². The summed E-state index contributed by atoms with van der Waals surface area (Å²) in [6, 6.07) is 5.04. The largest absolute Gasteiger partial charge is 0.324 e. The van der Waals surface area contributed by atoms with E-state index in [0.717, 1.165) is 5.56 Å². The Hall–Kier alpha value is -0.870. The maximum atomic E-state index is 11.5. The van der Waals surface area contributed by atoms with Gasteiger partial charge in [0.1, 0.15) is 0 Å². The van der Waals surface area contributed by atoms with Gasteiger partial charge in [0.2, 0.25) is 0 Å². The van der Waals surface area contributed by atoms with Crippen LogP contribution in [0.1, 0.15) is 24.1 Å². The van der Waals surface area contributed by atoms with E-state index in [1.165, 1.54) is 6.26 Å². The van der Waals surface area contributed by atoms with Gasteiger partial charge in [0.05, 0.1) is 4.90 Å². The SMILES string of the molecule is Cc1ccc(C(C)N)c(S(C)(=O)=O)c1. The van der Waals surface area contributed by atoms with Gasteiger partial charge < -0.3 is 5.73 Å². The quantitative estimate of drug-likeness (QED) is 0.808. The summed E-state index contributed by atoms with van der Waals surface area (Å²) in [4.78, 5) is 0.340. The van der Waals surface area contributed by atoms with Crippen molar-refractivity contribution in [3.05, 3.63) is 29.3 Å². The zero-order chi connectivity index (χ0) is 10.9. The van der Waals surface area contributed by atoms with Crippen LogP contribution >= 0.6 is 0 Å². The first-order chi connectivity index (χ1) is 6.32. The highest BCUT2D eigenvalue weighted by molar-refractivity contribution is 7.90. The summed E-state index contributed by atoms with van der Waals surface area (Å²) >= 11 is 0. The van der Waals surface area contributed by atoms with E-state index >= 15 is 0 Å². The van der Waals surface area contributed by atoms with Crippen LogP contribution in [0.2, 0.25) is 0 Å². The molecule has 78 valence electrons. The van der Waals surface area contributed by atoms with Crippen LogP contribution in [0.25, 0.3) is 0 Å². The van der Waals surface area contributed by atoms with Crippen molar-refractivity contribution < 1.29 is 8.42 Å². The molecule has 1 rings (SSSR count). The first-order valence-corrected chi connectivity index (χ1v) is 6.27. The number of hydrogen-bond acceptors (Lipinski definition) is 3. The Balaban J connectivity index is 3.46. The van der Waals surface area contributed by atoms with Gasteiger partial charge in [-0.25, -0.2) is 8.42 Å². The molecule has 1 atom stereocenters. The molecule has 0 saturated carbocycles. The third kappa shape index (κ3) is 2.33. The number of hydrogen-bond donors (Lipinski definition) is 1. The molecule has 3 nitrogen and oxygen atoms in total. The summed E-state index contributed by atoms with van der Waals surface area (Å²) in [6.07, 6.45) is 1.20. The van der Waals surface area contributed by atoms with Crippen molar-refractivity contribution >= 4 is 9.84 Å². The molecule has 0 aliphatic carbocycles. The third-order valence-corrected chi connectivity index (χ3v) is 3.21. The monoisotopic (exact) mass is 213 g/mol. The molecule has 0 radical (unpaired) electrons. The van der Waals surface area contributed by atoms with Crippen molar-refractivity contribution in [1.82, 2.24) is 0 Å². The minimum atomic E-state index is -3.18. The molecule has 0 amide bonds. The molecule has 0 saturated heterocycles. The van der Waals surface area contributed by atoms with Crippen molar-refractivity contribution in [3.63, 3.8) is 0 Å². The highest BCUT2D eigenvalue weighted by atomic mass is 32.2. The lowest BCUT2D eigenvalue weighted by Gasteiger charge is -2.11. The van der Waals surface area contributed by atoms with Gasteiger partial charge in [-0.15, -0.1) is 0 Å². The molecule has 0 aromatic heterocycles. The number of nitrogens with two attached hydrogens (primary N) is 1. The summed E-state index contributed by atoms with van der Waals surface area (Å²) in [5.41, 5.74) is 7.30. The van der Waals surface area contributed by atoms with E-state index in [1.807, 2.05) is 13.0 Å². The Morgan fingerprint density at radius 3 is 2.36 bits per heavy atom. The van der Waals surface area contributed by atoms with E-state index < -0.39 is 9.84 Å². The third-order valence-electron chi connectivity index (χ3n) is 2.06. The number of sulfone groups is 1. The molecule has 2 N–H and O–H groups in total. The molecule has 1 aromatic rings. The zero-order valence-corrected chi connectivity index (χ0v) is 9.43. The summed E-state index contributed by atoms with van der Waals surface area (Å²) in [7, 11) is -3.18. The average Bonchev–Trinajstić information content (AvgIpc) is 2.01. The Bertz CT molecular complexity index is 435. The number of aryl methyl sites for hydroxylation is 1. The van der Waals surface area contributed by atoms with Crippen molar-refractivity contribution in [1.29, 1.82) is 0 Å². The lowest BCUT2D eigenvalue weighted by molar-refractivity contribution is 0.599. The number of rotatable bonds is 2. The van der Waals surface area contributed by atoms with Gasteiger partial charge in [0, 0.05) is 12.3 Å². The fourth-order valence-electron chi connectivity index (χ4n) is 1.34. The Morgan fingerprint density at radius 1 is 1.36 bits per heavy atom. The van der Waals surface area contributed by atoms with Crippen LogP contribution in [0.3, 0.4) is 0 Å². The normalized spacial score (nSPS) is 14.0. The van der Waals surface area contributed by atoms with Crippen molar-refractivity contribution in [3.8, 4) is 0 Å². The van der Waals surface area contributed by atoms with E-state index in [0.29, 0.717) is 10.5 Å². The highest BCUT2D eigenvalue weighted by Gasteiger charge is 2.15. The van der Waals surface area contributed by atoms with E-state index in [1.54, 1.807) is 19.1 Å². The van der Waals surface area contributed by atoms with Crippen molar-refractivity contribution in [2.45, 2.75) is 24.8 Å². The molecule has 4 heteroatoms. The number of benzene rings is 1. The molecular formula is C10H15NO2S. The van der Waals surface area contributed by atoms with Gasteiger partial charge in [-0.1, -0.05) is 12.1 Å². The van der Waals surface area contributed by atoms with Gasteiger partial charge in [0.15, 0.2) is 9.84 Å². The Morgan fingerprint density at radius 2 is 1.93 bits per heavy atom. The predicted molar refractivity (Wildman–Crippen MR) is 56.9 cm³/mol. The van der Waals surface area contributed by atoms with Crippen LogP contribution in [0.5, 0.6) is 0 Å². The summed E-state index contributed by atoms with van der Waals surface area (Å²) in [5, 5.41) is 0. The zero-order valence-electron chi connectivity index (χ0n) is 8.61. The topological polar surface area (TPSA) is 60.2 Å². The van der Waals surface area contributed by atoms with Crippen LogP contribution in [-0.2, 0) is 9.84 Å². The molecule has 0 bridgehead atoms. The minimum Gasteiger partial charge on any atom is -0.324 e. The van der Waals surface area contributed by atoms with Crippen LogP contribution < -0.4 is 5.73 Å². The smallest absolute Gasteiger partial charge is 0.175 e. The minimum absolute atomic E-state index is 0.264. The van der Waals surface area contributed by atoms with Gasteiger partial charge in [-0.3, -0.25) is 0 Å². The molecule has 0 heterocycles. The predicted octanol–water partition coefficient (Wildman–Crippen LogP) is 1.42. The lowest BCUT2D eigenvalue weighted by atomic mass is 10.1. The van der Waals surface area contributed by atoms with E-state index in [4.69, 9.17) is 5.73 Å². The molecule has 14 heavy (non-hydrogen) atoms. The molecule has 0 spiro atoms. The van der Waals surface area contributed by atoms with Crippen LogP contribution in [0, 0.1) is 6.92 Å². The van der Waals surface area contributed by atoms with Crippen LogP contribution in [-0.4, -0.2) is 14.7 Å². The van der Waals surface area contributed by atoms with Crippen LogP contribution in [0.4, 0.5) is 0 Å². The van der Waals surface area contributed by atoms with Gasteiger partial charge in [-0.2, -0.15) is 0 Å².